The molecule has 0 bridgehead atoms. The van der Waals surface area contributed by atoms with Crippen LogP contribution in [0.15, 0.2) is 54.6 Å². The predicted molar refractivity (Wildman–Crippen MR) is 88.9 cm³/mol. The van der Waals surface area contributed by atoms with Crippen molar-refractivity contribution in [2.75, 3.05) is 19.6 Å². The molecule has 2 aromatic rings. The molecule has 0 radical (unpaired) electrons. The van der Waals surface area contributed by atoms with Crippen LogP contribution in [-0.4, -0.2) is 30.4 Å². The molecule has 3 nitrogen and oxygen atoms in total. The second kappa shape index (κ2) is 6.75. The predicted octanol–water partition coefficient (Wildman–Crippen LogP) is 3.17. The summed E-state index contributed by atoms with van der Waals surface area (Å²) in [5.74, 6) is 0.123. The fourth-order valence-electron chi connectivity index (χ4n) is 2.96. The van der Waals surface area contributed by atoms with Crippen molar-refractivity contribution in [3.8, 4) is 0 Å². The van der Waals surface area contributed by atoms with Crippen LogP contribution in [0, 0.1) is 6.92 Å². The Morgan fingerprint density at radius 2 is 1.82 bits per heavy atom. The van der Waals surface area contributed by atoms with E-state index in [4.69, 9.17) is 0 Å². The monoisotopic (exact) mass is 294 g/mol. The van der Waals surface area contributed by atoms with Crippen LogP contribution in [0.3, 0.4) is 0 Å². The van der Waals surface area contributed by atoms with Gasteiger partial charge in [0, 0.05) is 18.7 Å². The van der Waals surface area contributed by atoms with Crippen molar-refractivity contribution in [1.82, 2.24) is 10.2 Å². The van der Waals surface area contributed by atoms with Crippen molar-refractivity contribution in [3.05, 3.63) is 71.3 Å². The highest BCUT2D eigenvalue weighted by Crippen LogP contribution is 2.24. The Hall–Kier alpha value is -2.13. The highest BCUT2D eigenvalue weighted by molar-refractivity contribution is 5.94. The van der Waals surface area contributed by atoms with E-state index >= 15 is 0 Å². The second-order valence-corrected chi connectivity index (χ2v) is 5.85. The maximum absolute atomic E-state index is 12.9. The SMILES string of the molecule is Cc1ccc(C(=O)N2CCCNCC2c2ccccc2)cc1. The van der Waals surface area contributed by atoms with Crippen molar-refractivity contribution in [3.63, 3.8) is 0 Å². The van der Waals surface area contributed by atoms with E-state index in [0.717, 1.165) is 31.6 Å². The van der Waals surface area contributed by atoms with Crippen molar-refractivity contribution in [2.45, 2.75) is 19.4 Å². The molecule has 0 aromatic heterocycles. The van der Waals surface area contributed by atoms with Gasteiger partial charge in [-0.15, -0.1) is 0 Å². The van der Waals surface area contributed by atoms with Gasteiger partial charge in [0.05, 0.1) is 6.04 Å². The molecule has 2 aromatic carbocycles. The molecule has 22 heavy (non-hydrogen) atoms. The van der Waals surface area contributed by atoms with Crippen molar-refractivity contribution in [1.29, 1.82) is 0 Å². The minimum absolute atomic E-state index is 0.0949. The van der Waals surface area contributed by atoms with Gasteiger partial charge in [-0.2, -0.15) is 0 Å². The van der Waals surface area contributed by atoms with E-state index in [1.54, 1.807) is 0 Å². The van der Waals surface area contributed by atoms with E-state index in [-0.39, 0.29) is 11.9 Å². The summed E-state index contributed by atoms with van der Waals surface area (Å²) in [4.78, 5) is 15.0. The standard InChI is InChI=1S/C19H22N2O/c1-15-8-10-17(11-9-15)19(22)21-13-5-12-20-14-18(21)16-6-3-2-4-7-16/h2-4,6-11,18,20H,5,12-14H2,1H3. The van der Waals surface area contributed by atoms with Gasteiger partial charge in [0.25, 0.3) is 5.91 Å². The molecule has 3 heteroatoms. The van der Waals surface area contributed by atoms with Crippen LogP contribution < -0.4 is 5.32 Å². The van der Waals surface area contributed by atoms with Crippen LogP contribution in [0.2, 0.25) is 0 Å². The van der Waals surface area contributed by atoms with Crippen molar-refractivity contribution >= 4 is 5.91 Å². The second-order valence-electron chi connectivity index (χ2n) is 5.85. The van der Waals surface area contributed by atoms with Crippen LogP contribution in [-0.2, 0) is 0 Å². The number of benzene rings is 2. The van der Waals surface area contributed by atoms with Gasteiger partial charge < -0.3 is 10.2 Å². The van der Waals surface area contributed by atoms with Crippen LogP contribution in [0.4, 0.5) is 0 Å². The Labute approximate surface area is 132 Å². The summed E-state index contributed by atoms with van der Waals surface area (Å²) < 4.78 is 0. The summed E-state index contributed by atoms with van der Waals surface area (Å²) in [6.45, 7) is 4.60. The van der Waals surface area contributed by atoms with Gasteiger partial charge in [0.15, 0.2) is 0 Å². The third-order valence-electron chi connectivity index (χ3n) is 4.21. The average Bonchev–Trinajstić information content (AvgIpc) is 2.81. The van der Waals surface area contributed by atoms with E-state index in [1.165, 1.54) is 11.1 Å². The number of rotatable bonds is 2. The molecule has 114 valence electrons. The van der Waals surface area contributed by atoms with Crippen molar-refractivity contribution in [2.24, 2.45) is 0 Å². The highest BCUT2D eigenvalue weighted by Gasteiger charge is 2.27. The Morgan fingerprint density at radius 3 is 2.55 bits per heavy atom. The summed E-state index contributed by atoms with van der Waals surface area (Å²) in [6.07, 6.45) is 0.987. The molecule has 1 heterocycles. The van der Waals surface area contributed by atoms with Crippen molar-refractivity contribution < 1.29 is 4.79 Å². The zero-order valence-corrected chi connectivity index (χ0v) is 13.0. The minimum atomic E-state index is 0.0949. The molecule has 0 aliphatic carbocycles. The van der Waals surface area contributed by atoms with Gasteiger partial charge in [-0.3, -0.25) is 4.79 Å². The largest absolute Gasteiger partial charge is 0.330 e. The van der Waals surface area contributed by atoms with E-state index in [0.29, 0.717) is 0 Å². The molecule has 3 rings (SSSR count). The summed E-state index contributed by atoms with van der Waals surface area (Å²) in [5, 5.41) is 3.45. The van der Waals surface area contributed by atoms with E-state index in [9.17, 15) is 4.79 Å². The molecular formula is C19H22N2O. The average molecular weight is 294 g/mol. The van der Waals surface area contributed by atoms with Gasteiger partial charge in [-0.05, 0) is 37.6 Å². The first-order valence-corrected chi connectivity index (χ1v) is 7.89. The number of nitrogens with one attached hydrogen (secondary N) is 1. The lowest BCUT2D eigenvalue weighted by Crippen LogP contribution is -2.37. The summed E-state index contributed by atoms with van der Waals surface area (Å²) in [7, 11) is 0. The highest BCUT2D eigenvalue weighted by atomic mass is 16.2. The number of amides is 1. The lowest BCUT2D eigenvalue weighted by molar-refractivity contribution is 0.0691. The molecule has 1 N–H and O–H groups in total. The Balaban J connectivity index is 1.90. The lowest BCUT2D eigenvalue weighted by atomic mass is 10.0. The first kappa shape index (κ1) is 14.8. The van der Waals surface area contributed by atoms with Gasteiger partial charge in [-0.1, -0.05) is 48.0 Å². The molecule has 1 unspecified atom stereocenters. The quantitative estimate of drug-likeness (QED) is 0.922. The maximum Gasteiger partial charge on any atom is 0.254 e. The number of hydrogen-bond donors (Lipinski definition) is 1. The van der Waals surface area contributed by atoms with E-state index in [2.05, 4.69) is 17.4 Å². The molecular weight excluding hydrogens is 272 g/mol. The first-order chi connectivity index (χ1) is 10.8. The Bertz CT molecular complexity index is 622. The van der Waals surface area contributed by atoms with E-state index in [1.807, 2.05) is 54.3 Å². The first-order valence-electron chi connectivity index (χ1n) is 7.89. The smallest absolute Gasteiger partial charge is 0.254 e. The number of aryl methyl sites for hydroxylation is 1. The fourth-order valence-corrected chi connectivity index (χ4v) is 2.96. The minimum Gasteiger partial charge on any atom is -0.330 e. The van der Waals surface area contributed by atoms with Gasteiger partial charge in [-0.25, -0.2) is 0 Å². The van der Waals surface area contributed by atoms with Crippen LogP contribution >= 0.6 is 0 Å². The summed E-state index contributed by atoms with van der Waals surface area (Å²) in [6, 6.07) is 18.2. The van der Waals surface area contributed by atoms with E-state index < -0.39 is 0 Å². The van der Waals surface area contributed by atoms with Crippen LogP contribution in [0.5, 0.6) is 0 Å². The zero-order valence-electron chi connectivity index (χ0n) is 13.0. The molecule has 0 saturated carbocycles. The molecule has 1 aliphatic heterocycles. The number of carbonyl (C=O) groups is 1. The van der Waals surface area contributed by atoms with Crippen LogP contribution in [0.25, 0.3) is 0 Å². The normalized spacial score (nSPS) is 18.8. The molecule has 1 fully saturated rings. The molecule has 1 saturated heterocycles. The third kappa shape index (κ3) is 3.20. The lowest BCUT2D eigenvalue weighted by Gasteiger charge is -2.30. The summed E-state index contributed by atoms with van der Waals surface area (Å²) in [5.41, 5.74) is 3.14. The zero-order chi connectivity index (χ0) is 15.4. The summed E-state index contributed by atoms with van der Waals surface area (Å²) >= 11 is 0. The van der Waals surface area contributed by atoms with Crippen LogP contribution in [0.1, 0.15) is 33.9 Å². The van der Waals surface area contributed by atoms with Gasteiger partial charge >= 0.3 is 0 Å². The third-order valence-corrected chi connectivity index (χ3v) is 4.21. The number of hydrogen-bond acceptors (Lipinski definition) is 2. The number of nitrogens with zero attached hydrogens (tertiary/aromatic N) is 1. The molecule has 1 aliphatic rings. The molecule has 0 spiro atoms. The van der Waals surface area contributed by atoms with Gasteiger partial charge in [0.1, 0.15) is 0 Å². The molecule has 1 atom stereocenters. The Kier molecular flexibility index (Phi) is 4.54. The molecule has 1 amide bonds. The fraction of sp³-hybridized carbons (Fsp3) is 0.316. The Morgan fingerprint density at radius 1 is 1.09 bits per heavy atom. The topological polar surface area (TPSA) is 32.3 Å². The van der Waals surface area contributed by atoms with Gasteiger partial charge in [0.2, 0.25) is 0 Å². The number of carbonyl (C=O) groups excluding carboxylic acids is 1. The maximum atomic E-state index is 12.9.